The number of sulfonamides is 1. The van der Waals surface area contributed by atoms with Crippen molar-refractivity contribution in [2.24, 2.45) is 0 Å². The molecule has 0 spiro atoms. The number of hydrogen-bond donors (Lipinski definition) is 1. The lowest BCUT2D eigenvalue weighted by Gasteiger charge is -2.22. The maximum Gasteiger partial charge on any atom is 0.243 e. The van der Waals surface area contributed by atoms with Gasteiger partial charge in [-0.3, -0.25) is 4.79 Å². The molecule has 5 nitrogen and oxygen atoms in total. The first-order chi connectivity index (χ1) is 12.6. The summed E-state index contributed by atoms with van der Waals surface area (Å²) in [6.45, 7) is 7.71. The molecule has 1 N–H and O–H groups in total. The van der Waals surface area contributed by atoms with Crippen molar-refractivity contribution < 1.29 is 13.2 Å². The number of benzene rings is 2. The quantitative estimate of drug-likeness (QED) is 0.789. The number of nitrogens with zero attached hydrogens (tertiary/aromatic N) is 1. The van der Waals surface area contributed by atoms with Gasteiger partial charge in [-0.25, -0.2) is 8.42 Å². The SMILES string of the molecule is CCC(NC(=O)CN(C)S(=O)(=O)c1ccc(C)cc1)c1ccc(C)cc1C. The lowest BCUT2D eigenvalue weighted by atomic mass is 9.97. The number of carbonyl (C=O) groups is 1. The average Bonchev–Trinajstić information content (AvgIpc) is 2.60. The van der Waals surface area contributed by atoms with E-state index in [4.69, 9.17) is 0 Å². The first kappa shape index (κ1) is 21.1. The zero-order chi connectivity index (χ0) is 20.2. The summed E-state index contributed by atoms with van der Waals surface area (Å²) in [5.41, 5.74) is 4.32. The fraction of sp³-hybridized carbons (Fsp3) is 0.381. The Labute approximate surface area is 162 Å². The number of rotatable bonds is 7. The van der Waals surface area contributed by atoms with E-state index in [1.807, 2.05) is 39.8 Å². The Morgan fingerprint density at radius 2 is 1.63 bits per heavy atom. The molecule has 0 radical (unpaired) electrons. The van der Waals surface area contributed by atoms with Crippen LogP contribution in [0, 0.1) is 20.8 Å². The molecule has 0 heterocycles. The summed E-state index contributed by atoms with van der Waals surface area (Å²) in [5.74, 6) is -0.319. The molecule has 1 unspecified atom stereocenters. The number of nitrogens with one attached hydrogen (secondary N) is 1. The first-order valence-corrected chi connectivity index (χ1v) is 10.5. The number of carbonyl (C=O) groups excluding carboxylic acids is 1. The molecule has 2 aromatic carbocycles. The van der Waals surface area contributed by atoms with Crippen molar-refractivity contribution in [3.63, 3.8) is 0 Å². The largest absolute Gasteiger partial charge is 0.348 e. The highest BCUT2D eigenvalue weighted by Gasteiger charge is 2.24. The summed E-state index contributed by atoms with van der Waals surface area (Å²) in [6, 6.07) is 12.6. The zero-order valence-electron chi connectivity index (χ0n) is 16.6. The average molecular weight is 389 g/mol. The van der Waals surface area contributed by atoms with Crippen LogP contribution >= 0.6 is 0 Å². The van der Waals surface area contributed by atoms with E-state index in [9.17, 15) is 13.2 Å². The van der Waals surface area contributed by atoms with Crippen molar-refractivity contribution in [1.29, 1.82) is 0 Å². The molecule has 0 aliphatic heterocycles. The van der Waals surface area contributed by atoms with Crippen LogP contribution in [0.5, 0.6) is 0 Å². The Balaban J connectivity index is 2.10. The van der Waals surface area contributed by atoms with Crippen molar-refractivity contribution in [1.82, 2.24) is 9.62 Å². The van der Waals surface area contributed by atoms with Gasteiger partial charge in [-0.2, -0.15) is 4.31 Å². The predicted molar refractivity (Wildman–Crippen MR) is 108 cm³/mol. The molecule has 0 fully saturated rings. The maximum atomic E-state index is 12.6. The summed E-state index contributed by atoms with van der Waals surface area (Å²) < 4.78 is 26.4. The van der Waals surface area contributed by atoms with E-state index >= 15 is 0 Å². The van der Waals surface area contributed by atoms with Gasteiger partial charge in [0.15, 0.2) is 0 Å². The molecule has 0 saturated heterocycles. The third kappa shape index (κ3) is 5.17. The van der Waals surface area contributed by atoms with Gasteiger partial charge < -0.3 is 5.32 Å². The molecule has 146 valence electrons. The third-order valence-corrected chi connectivity index (χ3v) is 6.46. The van der Waals surface area contributed by atoms with Gasteiger partial charge in [0.2, 0.25) is 15.9 Å². The molecule has 0 aromatic heterocycles. The second-order valence-corrected chi connectivity index (χ2v) is 9.01. The minimum Gasteiger partial charge on any atom is -0.348 e. The van der Waals surface area contributed by atoms with E-state index < -0.39 is 10.0 Å². The predicted octanol–water partition coefficient (Wildman–Crippen LogP) is 3.50. The van der Waals surface area contributed by atoms with E-state index in [2.05, 4.69) is 11.4 Å². The number of likely N-dealkylation sites (N-methyl/N-ethyl adjacent to an activating group) is 1. The van der Waals surface area contributed by atoms with Crippen molar-refractivity contribution in [3.8, 4) is 0 Å². The van der Waals surface area contributed by atoms with Crippen LogP contribution in [0.2, 0.25) is 0 Å². The van der Waals surface area contributed by atoms with Gasteiger partial charge in [-0.05, 0) is 50.5 Å². The van der Waals surface area contributed by atoms with Crippen LogP contribution in [0.15, 0.2) is 47.4 Å². The lowest BCUT2D eigenvalue weighted by molar-refractivity contribution is -0.121. The Hall–Kier alpha value is -2.18. The van der Waals surface area contributed by atoms with E-state index in [-0.39, 0.29) is 23.4 Å². The Morgan fingerprint density at radius 1 is 1.04 bits per heavy atom. The summed E-state index contributed by atoms with van der Waals surface area (Å²) >= 11 is 0. The highest BCUT2D eigenvalue weighted by atomic mass is 32.2. The van der Waals surface area contributed by atoms with Crippen LogP contribution in [0.1, 0.15) is 41.6 Å². The van der Waals surface area contributed by atoms with Crippen LogP contribution in [0.3, 0.4) is 0 Å². The van der Waals surface area contributed by atoms with Crippen LogP contribution in [0.4, 0.5) is 0 Å². The highest BCUT2D eigenvalue weighted by Crippen LogP contribution is 2.22. The Kier molecular flexibility index (Phi) is 6.78. The third-order valence-electron chi connectivity index (χ3n) is 4.64. The van der Waals surface area contributed by atoms with Gasteiger partial charge >= 0.3 is 0 Å². The molecule has 2 rings (SSSR count). The van der Waals surface area contributed by atoms with Crippen LogP contribution in [0.25, 0.3) is 0 Å². The Morgan fingerprint density at radius 3 is 2.19 bits per heavy atom. The van der Waals surface area contributed by atoms with Crippen LogP contribution in [-0.2, 0) is 14.8 Å². The highest BCUT2D eigenvalue weighted by molar-refractivity contribution is 7.89. The molecular formula is C21H28N2O3S. The van der Waals surface area contributed by atoms with E-state index in [1.54, 1.807) is 24.3 Å². The van der Waals surface area contributed by atoms with Gasteiger partial charge in [-0.15, -0.1) is 0 Å². The zero-order valence-corrected chi connectivity index (χ0v) is 17.4. The number of hydrogen-bond acceptors (Lipinski definition) is 3. The van der Waals surface area contributed by atoms with Crippen molar-refractivity contribution >= 4 is 15.9 Å². The van der Waals surface area contributed by atoms with Gasteiger partial charge in [0.25, 0.3) is 0 Å². The van der Waals surface area contributed by atoms with E-state index in [1.165, 1.54) is 12.6 Å². The van der Waals surface area contributed by atoms with Gasteiger partial charge in [0.05, 0.1) is 17.5 Å². The number of amides is 1. The summed E-state index contributed by atoms with van der Waals surface area (Å²) in [4.78, 5) is 12.7. The van der Waals surface area contributed by atoms with E-state index in [0.29, 0.717) is 0 Å². The molecular weight excluding hydrogens is 360 g/mol. The van der Waals surface area contributed by atoms with Gasteiger partial charge in [-0.1, -0.05) is 48.4 Å². The van der Waals surface area contributed by atoms with Crippen LogP contribution < -0.4 is 5.32 Å². The van der Waals surface area contributed by atoms with Crippen molar-refractivity contribution in [3.05, 3.63) is 64.7 Å². The number of aryl methyl sites for hydroxylation is 3. The normalized spacial score (nSPS) is 12.8. The molecule has 1 amide bonds. The molecule has 2 aromatic rings. The minimum atomic E-state index is -3.70. The monoisotopic (exact) mass is 388 g/mol. The molecule has 0 aliphatic rings. The molecule has 0 aliphatic carbocycles. The maximum absolute atomic E-state index is 12.6. The first-order valence-electron chi connectivity index (χ1n) is 9.04. The summed E-state index contributed by atoms with van der Waals surface area (Å²) in [6.07, 6.45) is 0.726. The second-order valence-electron chi connectivity index (χ2n) is 6.96. The molecule has 1 atom stereocenters. The standard InChI is InChI=1S/C21H28N2O3S/c1-6-20(19-12-9-16(3)13-17(19)4)22-21(24)14-23(5)27(25,26)18-10-7-15(2)8-11-18/h7-13,20H,6,14H2,1-5H3,(H,22,24). The van der Waals surface area contributed by atoms with Gasteiger partial charge in [0, 0.05) is 7.05 Å². The topological polar surface area (TPSA) is 66.5 Å². The lowest BCUT2D eigenvalue weighted by Crippen LogP contribution is -2.39. The van der Waals surface area contributed by atoms with Crippen molar-refractivity contribution in [2.75, 3.05) is 13.6 Å². The van der Waals surface area contributed by atoms with Crippen LogP contribution in [-0.4, -0.2) is 32.2 Å². The van der Waals surface area contributed by atoms with E-state index in [0.717, 1.165) is 27.4 Å². The molecule has 0 bridgehead atoms. The molecule has 0 saturated carbocycles. The second kappa shape index (κ2) is 8.67. The fourth-order valence-electron chi connectivity index (χ4n) is 3.03. The molecule has 27 heavy (non-hydrogen) atoms. The van der Waals surface area contributed by atoms with Gasteiger partial charge in [0.1, 0.15) is 0 Å². The fourth-order valence-corrected chi connectivity index (χ4v) is 4.16. The smallest absolute Gasteiger partial charge is 0.243 e. The Bertz CT molecular complexity index is 906. The minimum absolute atomic E-state index is 0.145. The van der Waals surface area contributed by atoms with Crippen molar-refractivity contribution in [2.45, 2.75) is 45.1 Å². The summed E-state index contributed by atoms with van der Waals surface area (Å²) in [5, 5.41) is 2.96. The molecule has 6 heteroatoms. The summed E-state index contributed by atoms with van der Waals surface area (Å²) in [7, 11) is -2.28.